The Balaban J connectivity index is 3.38. The number of pyridine rings is 1. The van der Waals surface area contributed by atoms with Gasteiger partial charge in [-0.25, -0.2) is 4.79 Å². The summed E-state index contributed by atoms with van der Waals surface area (Å²) in [4.78, 5) is 14.5. The molecule has 0 amide bonds. The van der Waals surface area contributed by atoms with Gasteiger partial charge in [-0.1, -0.05) is 15.9 Å². The number of hydrogen-bond donors (Lipinski definition) is 0. The van der Waals surface area contributed by atoms with Crippen LogP contribution in [0.25, 0.3) is 0 Å². The monoisotopic (exact) mass is 297 g/mol. The molecule has 88 valence electrons. The highest BCUT2D eigenvalue weighted by molar-refractivity contribution is 9.08. The lowest BCUT2D eigenvalue weighted by Gasteiger charge is -2.12. The van der Waals surface area contributed by atoms with E-state index in [9.17, 15) is 18.0 Å². The standard InChI is InChI=1S/C9H7BrF3NO2/c1-16-8(15)5-2-3-14-7(6(5)4-10)9(11,12)13/h2-3H,4H2,1H3. The first kappa shape index (κ1) is 13.0. The molecule has 0 aliphatic heterocycles. The second-order valence-corrected chi connectivity index (χ2v) is 3.37. The summed E-state index contributed by atoms with van der Waals surface area (Å²) in [5.74, 6) is -0.817. The van der Waals surface area contributed by atoms with Gasteiger partial charge in [-0.2, -0.15) is 13.2 Å². The average Bonchev–Trinajstić information content (AvgIpc) is 2.25. The summed E-state index contributed by atoms with van der Waals surface area (Å²) >= 11 is 2.90. The number of carbonyl (C=O) groups is 1. The minimum atomic E-state index is -4.59. The van der Waals surface area contributed by atoms with Crippen LogP contribution in [-0.4, -0.2) is 18.1 Å². The lowest BCUT2D eigenvalue weighted by molar-refractivity contribution is -0.141. The molecule has 1 aromatic heterocycles. The third kappa shape index (κ3) is 2.52. The van der Waals surface area contributed by atoms with Crippen molar-refractivity contribution in [3.8, 4) is 0 Å². The Labute approximate surface area is 97.8 Å². The van der Waals surface area contributed by atoms with Crippen LogP contribution in [-0.2, 0) is 16.2 Å². The summed E-state index contributed by atoms with van der Waals surface area (Å²) in [5, 5.41) is -0.125. The van der Waals surface area contributed by atoms with Crippen molar-refractivity contribution in [2.24, 2.45) is 0 Å². The number of halogens is 4. The number of nitrogens with zero attached hydrogens (tertiary/aromatic N) is 1. The van der Waals surface area contributed by atoms with Crippen LogP contribution in [0.1, 0.15) is 21.6 Å². The first-order valence-electron chi connectivity index (χ1n) is 4.11. The molecule has 1 rings (SSSR count). The van der Waals surface area contributed by atoms with E-state index in [1.807, 2.05) is 0 Å². The largest absolute Gasteiger partial charge is 0.465 e. The predicted octanol–water partition coefficient (Wildman–Crippen LogP) is 2.78. The van der Waals surface area contributed by atoms with Gasteiger partial charge in [-0.05, 0) is 6.07 Å². The van der Waals surface area contributed by atoms with Gasteiger partial charge in [-0.15, -0.1) is 0 Å². The van der Waals surface area contributed by atoms with E-state index in [1.165, 1.54) is 6.07 Å². The molecule has 0 saturated heterocycles. The predicted molar refractivity (Wildman–Crippen MR) is 53.2 cm³/mol. The minimum Gasteiger partial charge on any atom is -0.465 e. The Kier molecular flexibility index (Phi) is 3.90. The Morgan fingerprint density at radius 3 is 2.62 bits per heavy atom. The molecule has 0 saturated carbocycles. The number of alkyl halides is 4. The zero-order valence-corrected chi connectivity index (χ0v) is 9.72. The molecule has 0 aliphatic carbocycles. The van der Waals surface area contributed by atoms with Crippen molar-refractivity contribution < 1.29 is 22.7 Å². The van der Waals surface area contributed by atoms with Crippen molar-refractivity contribution in [3.05, 3.63) is 29.1 Å². The molecule has 1 heterocycles. The van der Waals surface area contributed by atoms with E-state index in [0.717, 1.165) is 13.3 Å². The van der Waals surface area contributed by atoms with E-state index in [1.54, 1.807) is 0 Å². The third-order valence-corrected chi connectivity index (χ3v) is 2.42. The van der Waals surface area contributed by atoms with Gasteiger partial charge in [0.1, 0.15) is 5.69 Å². The van der Waals surface area contributed by atoms with Gasteiger partial charge in [0.2, 0.25) is 0 Å². The molecule has 0 bridgehead atoms. The van der Waals surface area contributed by atoms with Crippen molar-refractivity contribution in [3.63, 3.8) is 0 Å². The Bertz CT molecular complexity index is 406. The van der Waals surface area contributed by atoms with E-state index >= 15 is 0 Å². The number of methoxy groups -OCH3 is 1. The van der Waals surface area contributed by atoms with E-state index < -0.39 is 17.8 Å². The SMILES string of the molecule is COC(=O)c1ccnc(C(F)(F)F)c1CBr. The molecule has 3 nitrogen and oxygen atoms in total. The summed E-state index contributed by atoms with van der Waals surface area (Å²) in [5.41, 5.74) is -1.43. The highest BCUT2D eigenvalue weighted by Gasteiger charge is 2.36. The first-order valence-corrected chi connectivity index (χ1v) is 5.23. The van der Waals surface area contributed by atoms with Gasteiger partial charge in [0.25, 0.3) is 0 Å². The molecule has 0 unspecified atom stereocenters. The summed E-state index contributed by atoms with van der Waals surface area (Å²) < 4.78 is 42.0. The third-order valence-electron chi connectivity index (χ3n) is 1.86. The smallest absolute Gasteiger partial charge is 0.433 e. The lowest BCUT2D eigenvalue weighted by atomic mass is 10.1. The van der Waals surface area contributed by atoms with Crippen molar-refractivity contribution in [1.82, 2.24) is 4.98 Å². The van der Waals surface area contributed by atoms with Crippen LogP contribution in [0.2, 0.25) is 0 Å². The van der Waals surface area contributed by atoms with E-state index in [2.05, 4.69) is 25.7 Å². The fraction of sp³-hybridized carbons (Fsp3) is 0.333. The molecule has 0 N–H and O–H groups in total. The Morgan fingerprint density at radius 1 is 1.56 bits per heavy atom. The molecular formula is C9H7BrF3NO2. The van der Waals surface area contributed by atoms with Crippen LogP contribution >= 0.6 is 15.9 Å². The summed E-state index contributed by atoms with van der Waals surface area (Å²) in [7, 11) is 1.11. The number of esters is 1. The first-order chi connectivity index (χ1) is 7.41. The Hall–Kier alpha value is -1.11. The fourth-order valence-electron chi connectivity index (χ4n) is 1.17. The molecule has 16 heavy (non-hydrogen) atoms. The van der Waals surface area contributed by atoms with Crippen molar-refractivity contribution in [2.45, 2.75) is 11.5 Å². The van der Waals surface area contributed by atoms with Crippen LogP contribution in [0.5, 0.6) is 0 Å². The zero-order chi connectivity index (χ0) is 12.3. The molecule has 0 spiro atoms. The maximum atomic E-state index is 12.5. The van der Waals surface area contributed by atoms with Gasteiger partial charge in [0.15, 0.2) is 0 Å². The van der Waals surface area contributed by atoms with Crippen molar-refractivity contribution in [1.29, 1.82) is 0 Å². The number of carbonyl (C=O) groups excluding carboxylic acids is 1. The lowest BCUT2D eigenvalue weighted by Crippen LogP contribution is -2.15. The molecule has 0 radical (unpaired) electrons. The summed E-state index contributed by atoms with van der Waals surface area (Å²) in [6, 6.07) is 1.19. The highest BCUT2D eigenvalue weighted by atomic mass is 79.9. The number of ether oxygens (including phenoxy) is 1. The van der Waals surface area contributed by atoms with Gasteiger partial charge in [0, 0.05) is 17.1 Å². The van der Waals surface area contributed by atoms with E-state index in [0.29, 0.717) is 0 Å². The number of rotatable bonds is 2. The van der Waals surface area contributed by atoms with Crippen LogP contribution in [0.3, 0.4) is 0 Å². The maximum absolute atomic E-state index is 12.5. The Morgan fingerprint density at radius 2 is 2.19 bits per heavy atom. The molecule has 0 fully saturated rings. The zero-order valence-electron chi connectivity index (χ0n) is 8.14. The molecule has 0 aliphatic rings. The summed E-state index contributed by atoms with van der Waals surface area (Å²) in [6.45, 7) is 0. The average molecular weight is 298 g/mol. The van der Waals surface area contributed by atoms with Crippen LogP contribution in [0, 0.1) is 0 Å². The van der Waals surface area contributed by atoms with Crippen LogP contribution in [0.4, 0.5) is 13.2 Å². The fourth-order valence-corrected chi connectivity index (χ4v) is 1.74. The van der Waals surface area contributed by atoms with Crippen LogP contribution < -0.4 is 0 Å². The van der Waals surface area contributed by atoms with Crippen LogP contribution in [0.15, 0.2) is 12.3 Å². The van der Waals surface area contributed by atoms with Gasteiger partial charge >= 0.3 is 12.1 Å². The molecule has 7 heteroatoms. The number of hydrogen-bond acceptors (Lipinski definition) is 3. The normalized spacial score (nSPS) is 11.3. The number of aromatic nitrogens is 1. The topological polar surface area (TPSA) is 39.2 Å². The second kappa shape index (κ2) is 4.82. The maximum Gasteiger partial charge on any atom is 0.433 e. The van der Waals surface area contributed by atoms with Gasteiger partial charge < -0.3 is 4.74 Å². The molecule has 0 aromatic carbocycles. The van der Waals surface area contributed by atoms with Crippen molar-refractivity contribution in [2.75, 3.05) is 7.11 Å². The molecule has 0 atom stereocenters. The van der Waals surface area contributed by atoms with Gasteiger partial charge in [-0.3, -0.25) is 4.98 Å². The van der Waals surface area contributed by atoms with Gasteiger partial charge in [0.05, 0.1) is 12.7 Å². The molecule has 1 aromatic rings. The summed E-state index contributed by atoms with van der Waals surface area (Å²) in [6.07, 6.45) is -3.66. The minimum absolute atomic E-state index is 0.125. The van der Waals surface area contributed by atoms with Crippen molar-refractivity contribution >= 4 is 21.9 Å². The highest BCUT2D eigenvalue weighted by Crippen LogP contribution is 2.32. The quantitative estimate of drug-likeness (QED) is 0.622. The van der Waals surface area contributed by atoms with E-state index in [4.69, 9.17) is 0 Å². The van der Waals surface area contributed by atoms with E-state index in [-0.39, 0.29) is 16.5 Å². The second-order valence-electron chi connectivity index (χ2n) is 2.81. The molecular weight excluding hydrogens is 291 g/mol.